The molecule has 0 bridgehead atoms. The van der Waals surface area contributed by atoms with E-state index in [2.05, 4.69) is 258 Å². The number of para-hydroxylation sites is 6. The molecule has 0 atom stereocenters. The third-order valence-electron chi connectivity index (χ3n) is 13.4. The fourth-order valence-electron chi connectivity index (χ4n) is 10.6. The van der Waals surface area contributed by atoms with Crippen molar-refractivity contribution in [1.82, 2.24) is 18.7 Å². The predicted molar refractivity (Wildman–Crippen MR) is 288 cm³/mol. The van der Waals surface area contributed by atoms with Crippen LogP contribution in [-0.2, 0) is 27.5 Å². The summed E-state index contributed by atoms with van der Waals surface area (Å²) in [4.78, 5) is 5.04. The van der Waals surface area contributed by atoms with Crippen molar-refractivity contribution in [2.75, 3.05) is 0 Å². The minimum absolute atomic E-state index is 0. The summed E-state index contributed by atoms with van der Waals surface area (Å²) in [5.74, 6) is 1.94. The predicted octanol–water partition coefficient (Wildman–Crippen LogP) is 15.6. The quantitative estimate of drug-likeness (QED) is 0.107. The smallest absolute Gasteiger partial charge is 0.268 e. The molecular formula is C65H47N5OPt-2. The van der Waals surface area contributed by atoms with E-state index in [9.17, 15) is 0 Å². The maximum absolute atomic E-state index is 7.05. The Balaban J connectivity index is 0.00000530. The van der Waals surface area contributed by atoms with Crippen LogP contribution in [0.15, 0.2) is 219 Å². The molecule has 0 aliphatic heterocycles. The van der Waals surface area contributed by atoms with E-state index in [4.69, 9.17) is 9.72 Å². The Morgan fingerprint density at radius 1 is 0.528 bits per heavy atom. The summed E-state index contributed by atoms with van der Waals surface area (Å²) < 4.78 is 16.0. The Morgan fingerprint density at radius 3 is 1.75 bits per heavy atom. The first-order chi connectivity index (χ1) is 34.8. The molecule has 13 rings (SSSR count). The maximum Gasteiger partial charge on any atom is 0.268 e. The molecule has 0 saturated heterocycles. The van der Waals surface area contributed by atoms with Crippen molar-refractivity contribution in [2.45, 2.75) is 27.2 Å². The molecule has 0 fully saturated rings. The number of hydrogen-bond donors (Lipinski definition) is 0. The summed E-state index contributed by atoms with van der Waals surface area (Å²) in [5, 5.41) is 4.53. The minimum atomic E-state index is 0. The van der Waals surface area contributed by atoms with E-state index in [0.717, 1.165) is 95.4 Å². The maximum atomic E-state index is 7.05. The number of fused-ring (bicyclic) bond motifs is 7. The van der Waals surface area contributed by atoms with Gasteiger partial charge in [-0.2, -0.15) is 12.1 Å². The molecule has 0 spiro atoms. The van der Waals surface area contributed by atoms with Gasteiger partial charge in [-0.3, -0.25) is 4.57 Å². The summed E-state index contributed by atoms with van der Waals surface area (Å²) in [5.41, 5.74) is 14.7. The molecule has 0 saturated carbocycles. The van der Waals surface area contributed by atoms with Crippen LogP contribution in [0, 0.1) is 23.9 Å². The molecule has 13 aromatic rings. The van der Waals surface area contributed by atoms with E-state index in [0.29, 0.717) is 11.5 Å². The van der Waals surface area contributed by atoms with Crippen molar-refractivity contribution in [1.29, 1.82) is 0 Å². The van der Waals surface area contributed by atoms with Gasteiger partial charge in [0.1, 0.15) is 5.82 Å². The number of nitrogens with zero attached hydrogens (tertiary/aromatic N) is 5. The molecule has 0 radical (unpaired) electrons. The third kappa shape index (κ3) is 7.80. The number of imidazole rings is 1. The van der Waals surface area contributed by atoms with Gasteiger partial charge in [0.2, 0.25) is 0 Å². The van der Waals surface area contributed by atoms with Gasteiger partial charge in [-0.1, -0.05) is 189 Å². The van der Waals surface area contributed by atoms with E-state index in [1.807, 2.05) is 18.3 Å². The summed E-state index contributed by atoms with van der Waals surface area (Å²) in [6.07, 6.45) is 6.65. The number of aromatic nitrogens is 5. The second kappa shape index (κ2) is 18.1. The zero-order valence-electron chi connectivity index (χ0n) is 40.0. The van der Waals surface area contributed by atoms with Crippen LogP contribution in [0.1, 0.15) is 26.3 Å². The van der Waals surface area contributed by atoms with Gasteiger partial charge in [0.05, 0.1) is 27.8 Å². The molecule has 0 unspecified atom stereocenters. The van der Waals surface area contributed by atoms with Gasteiger partial charge in [-0.05, 0) is 86.7 Å². The second-order valence-electron chi connectivity index (χ2n) is 19.4. The molecule has 7 heteroatoms. The summed E-state index contributed by atoms with van der Waals surface area (Å²) >= 11 is 0. The van der Waals surface area contributed by atoms with Gasteiger partial charge < -0.3 is 18.4 Å². The number of ether oxygens (including phenoxy) is 1. The topological polar surface area (TPSA) is 40.8 Å². The van der Waals surface area contributed by atoms with Crippen molar-refractivity contribution >= 4 is 54.6 Å². The average Bonchev–Trinajstić information content (AvgIpc) is 4.07. The minimum Gasteiger partial charge on any atom is -0.510 e. The van der Waals surface area contributed by atoms with Crippen LogP contribution in [0.3, 0.4) is 0 Å². The Kier molecular flexibility index (Phi) is 11.3. The summed E-state index contributed by atoms with van der Waals surface area (Å²) in [6.45, 7) is 6.82. The summed E-state index contributed by atoms with van der Waals surface area (Å²) in [6, 6.07) is 82.1. The molecular weight excluding hydrogens is 1060 g/mol. The van der Waals surface area contributed by atoms with E-state index in [1.54, 1.807) is 0 Å². The van der Waals surface area contributed by atoms with Crippen molar-refractivity contribution in [3.63, 3.8) is 0 Å². The Morgan fingerprint density at radius 2 is 1.10 bits per heavy atom. The third-order valence-corrected chi connectivity index (χ3v) is 13.4. The molecule has 6 nitrogen and oxygen atoms in total. The van der Waals surface area contributed by atoms with Crippen LogP contribution in [-0.4, -0.2) is 18.7 Å². The van der Waals surface area contributed by atoms with Crippen molar-refractivity contribution in [3.8, 4) is 56.6 Å². The van der Waals surface area contributed by atoms with Gasteiger partial charge in [-0.15, -0.1) is 24.3 Å². The molecule has 0 amide bonds. The molecule has 0 aliphatic carbocycles. The number of hydrogen-bond acceptors (Lipinski definition) is 2. The van der Waals surface area contributed by atoms with Crippen molar-refractivity contribution in [3.05, 3.63) is 243 Å². The molecule has 4 heterocycles. The van der Waals surface area contributed by atoms with Crippen molar-refractivity contribution in [2.24, 2.45) is 5.41 Å². The van der Waals surface area contributed by atoms with E-state index >= 15 is 0 Å². The Labute approximate surface area is 432 Å². The molecule has 0 aliphatic rings. The van der Waals surface area contributed by atoms with Crippen LogP contribution in [0.25, 0.3) is 99.8 Å². The van der Waals surface area contributed by atoms with E-state index in [-0.39, 0.29) is 26.5 Å². The second-order valence-corrected chi connectivity index (χ2v) is 19.4. The fraction of sp³-hybridized carbons (Fsp3) is 0.0769. The number of rotatable bonds is 9. The first kappa shape index (κ1) is 44.9. The first-order valence-electron chi connectivity index (χ1n) is 24.2. The fourth-order valence-corrected chi connectivity index (χ4v) is 10.6. The normalized spacial score (nSPS) is 11.8. The van der Waals surface area contributed by atoms with Crippen LogP contribution in [0.2, 0.25) is 0 Å². The zero-order chi connectivity index (χ0) is 47.6. The van der Waals surface area contributed by atoms with Crippen LogP contribution in [0.5, 0.6) is 11.5 Å². The largest absolute Gasteiger partial charge is 0.510 e. The van der Waals surface area contributed by atoms with Gasteiger partial charge in [0, 0.05) is 55.1 Å². The Bertz CT molecular complexity index is 4050. The first-order valence-corrected chi connectivity index (χ1v) is 24.2. The van der Waals surface area contributed by atoms with E-state index < -0.39 is 0 Å². The SMILES string of the molecule is CC(C)(C)Cc1ccnc(-n2c3[c-]c(Oc4[c-]c(-n5[c-][n+](-c6c(-c7ccccc7)cccc6-c6ccccc6)c6ccccc65)ccc4)cc(-n4c5ccccc5c5ccccc54)c3c3ccccc32)c1.[Pt]. The zero-order valence-corrected chi connectivity index (χ0v) is 42.2. The van der Waals surface area contributed by atoms with Crippen LogP contribution < -0.4 is 9.30 Å². The van der Waals surface area contributed by atoms with Gasteiger partial charge >= 0.3 is 0 Å². The standard InChI is InChI=1S/C65H47N5O.Pt/c1-65(2,3)42-44-36-37-66-62(38-44)70-57-33-15-12-28-54(57)63-60(69-55-31-13-10-26-52(55)53-27-11-14-32-56(53)69)40-49(41-61(63)70)71-48-25-18-24-47(39-48)67-43-68(59-35-17-16-34-58(59)67)64-50(45-20-6-4-7-21-45)29-19-30-51(64)46-22-8-5-9-23-46;/h4-38,40H,42H2,1-3H3;/q-2;. The Hall–Kier alpha value is -8.31. The molecule has 72 heavy (non-hydrogen) atoms. The van der Waals surface area contributed by atoms with Gasteiger partial charge in [-0.25, -0.2) is 4.98 Å². The summed E-state index contributed by atoms with van der Waals surface area (Å²) in [7, 11) is 0. The molecule has 9 aromatic carbocycles. The van der Waals surface area contributed by atoms with Crippen LogP contribution >= 0.6 is 0 Å². The molecule has 0 N–H and O–H groups in total. The molecule has 4 aromatic heterocycles. The number of pyridine rings is 1. The van der Waals surface area contributed by atoms with Crippen molar-refractivity contribution < 1.29 is 30.4 Å². The average molecular weight is 1110 g/mol. The van der Waals surface area contributed by atoms with Gasteiger partial charge in [0.15, 0.2) is 0 Å². The van der Waals surface area contributed by atoms with Crippen LogP contribution in [0.4, 0.5) is 0 Å². The van der Waals surface area contributed by atoms with Gasteiger partial charge in [0.25, 0.3) is 6.33 Å². The van der Waals surface area contributed by atoms with E-state index in [1.165, 1.54) is 16.3 Å². The molecule has 350 valence electrons. The number of benzene rings is 9. The monoisotopic (exact) mass is 1110 g/mol.